The van der Waals surface area contributed by atoms with Gasteiger partial charge in [0.25, 0.3) is 5.56 Å². The molecule has 1 aliphatic rings. The van der Waals surface area contributed by atoms with Gasteiger partial charge in [-0.1, -0.05) is 0 Å². The summed E-state index contributed by atoms with van der Waals surface area (Å²) in [6.07, 6.45) is -0.916. The molecular formula is C14H17FN2O7. The molecule has 0 radical (unpaired) electrons. The molecule has 0 aromatic carbocycles. The molecule has 1 fully saturated rings. The highest BCUT2D eigenvalue weighted by atomic mass is 19.1. The fourth-order valence-corrected chi connectivity index (χ4v) is 2.48. The van der Waals surface area contributed by atoms with Crippen molar-refractivity contribution >= 4 is 11.9 Å². The molecule has 0 saturated carbocycles. The minimum atomic E-state index is -1.72. The number of aromatic amines is 1. The lowest BCUT2D eigenvalue weighted by Crippen LogP contribution is -2.48. The number of ether oxygens (including phenoxy) is 3. The van der Waals surface area contributed by atoms with Gasteiger partial charge in [-0.15, -0.1) is 0 Å². The number of rotatable bonds is 5. The van der Waals surface area contributed by atoms with E-state index in [1.165, 1.54) is 6.20 Å². The van der Waals surface area contributed by atoms with Crippen LogP contribution in [-0.2, 0) is 23.8 Å². The predicted octanol–water partition coefficient (Wildman–Crippen LogP) is -0.341. The normalized spacial score (nSPS) is 26.1. The Morgan fingerprint density at radius 2 is 2.12 bits per heavy atom. The van der Waals surface area contributed by atoms with E-state index in [1.54, 1.807) is 0 Å². The largest absolute Gasteiger partial charge is 0.463 e. The van der Waals surface area contributed by atoms with Gasteiger partial charge in [-0.2, -0.15) is 0 Å². The average molecular weight is 344 g/mol. The van der Waals surface area contributed by atoms with Crippen LogP contribution in [0.3, 0.4) is 0 Å². The summed E-state index contributed by atoms with van der Waals surface area (Å²) in [6, 6.07) is 1.10. The van der Waals surface area contributed by atoms with Crippen LogP contribution in [0.5, 0.6) is 0 Å². The summed E-state index contributed by atoms with van der Waals surface area (Å²) in [7, 11) is 0. The fraction of sp³-hybridized carbons (Fsp3) is 0.571. The predicted molar refractivity (Wildman–Crippen MR) is 77.0 cm³/mol. The molecule has 24 heavy (non-hydrogen) atoms. The lowest BCUT2D eigenvalue weighted by Gasteiger charge is -2.30. The zero-order chi connectivity index (χ0) is 17.9. The molecule has 0 unspecified atom stereocenters. The minimum absolute atomic E-state index is 0.0449. The van der Waals surface area contributed by atoms with Gasteiger partial charge >= 0.3 is 17.6 Å². The van der Waals surface area contributed by atoms with Crippen molar-refractivity contribution in [1.82, 2.24) is 9.55 Å². The van der Waals surface area contributed by atoms with Gasteiger partial charge in [0.05, 0.1) is 0 Å². The number of halogens is 1. The van der Waals surface area contributed by atoms with Crippen LogP contribution < -0.4 is 11.2 Å². The first-order valence-corrected chi connectivity index (χ1v) is 7.13. The summed E-state index contributed by atoms with van der Waals surface area (Å²) in [5, 5.41) is 0. The first kappa shape index (κ1) is 17.9. The molecule has 3 atom stereocenters. The van der Waals surface area contributed by atoms with Crippen LogP contribution in [0.15, 0.2) is 21.9 Å². The number of esters is 2. The van der Waals surface area contributed by atoms with Crippen LogP contribution in [0.2, 0.25) is 0 Å². The molecule has 1 aromatic heterocycles. The smallest absolute Gasteiger partial charge is 0.330 e. The molecule has 1 saturated heterocycles. The Morgan fingerprint density at radius 3 is 2.67 bits per heavy atom. The van der Waals surface area contributed by atoms with Gasteiger partial charge in [-0.05, 0) is 0 Å². The average Bonchev–Trinajstić information content (AvgIpc) is 2.83. The second-order valence-electron chi connectivity index (χ2n) is 5.40. The second kappa shape index (κ2) is 6.95. The van der Waals surface area contributed by atoms with E-state index in [-0.39, 0.29) is 6.42 Å². The number of nitrogens with one attached hydrogen (secondary N) is 1. The third-order valence-electron chi connectivity index (χ3n) is 3.59. The van der Waals surface area contributed by atoms with Gasteiger partial charge in [0.15, 0.2) is 5.60 Å². The van der Waals surface area contributed by atoms with Crippen LogP contribution in [0.25, 0.3) is 0 Å². The maximum absolute atomic E-state index is 13.7. The minimum Gasteiger partial charge on any atom is -0.463 e. The van der Waals surface area contributed by atoms with Crippen molar-refractivity contribution in [2.24, 2.45) is 0 Å². The topological polar surface area (TPSA) is 117 Å². The Hall–Kier alpha value is -2.49. The lowest BCUT2D eigenvalue weighted by atomic mass is 9.99. The maximum Gasteiger partial charge on any atom is 0.330 e. The summed E-state index contributed by atoms with van der Waals surface area (Å²) in [5.41, 5.74) is -3.07. The molecule has 132 valence electrons. The van der Waals surface area contributed by atoms with E-state index in [0.717, 1.165) is 24.5 Å². The van der Waals surface area contributed by atoms with E-state index in [1.807, 2.05) is 0 Å². The molecule has 1 N–H and O–H groups in total. The standard InChI is InChI=1S/C14H17FN2O7/c1-8(18)22-7-14(6-15)10(23-9(2)19)5-12(24-14)17-4-3-11(20)16-13(17)21/h3-4,10,12H,5-7H2,1-2H3,(H,16,20,21)/t10-,12+,14+/m0/s1. The molecule has 0 bridgehead atoms. The molecule has 9 nitrogen and oxygen atoms in total. The Morgan fingerprint density at radius 1 is 1.42 bits per heavy atom. The van der Waals surface area contributed by atoms with Crippen molar-refractivity contribution in [3.63, 3.8) is 0 Å². The SMILES string of the molecule is CC(=O)OC[C@@]1(CF)O[C@@H](n2ccc(=O)[nH]c2=O)C[C@@H]1OC(C)=O. The quantitative estimate of drug-likeness (QED) is 0.726. The van der Waals surface area contributed by atoms with Gasteiger partial charge in [0.1, 0.15) is 25.6 Å². The Bertz CT molecular complexity index is 743. The van der Waals surface area contributed by atoms with Crippen molar-refractivity contribution in [2.75, 3.05) is 13.3 Å². The van der Waals surface area contributed by atoms with Gasteiger partial charge in [0.2, 0.25) is 0 Å². The Balaban J connectivity index is 2.34. The summed E-state index contributed by atoms with van der Waals surface area (Å²) < 4.78 is 30.2. The zero-order valence-corrected chi connectivity index (χ0v) is 13.1. The third kappa shape index (κ3) is 3.70. The van der Waals surface area contributed by atoms with E-state index >= 15 is 0 Å². The molecular weight excluding hydrogens is 327 g/mol. The van der Waals surface area contributed by atoms with Crippen LogP contribution in [-0.4, -0.2) is 46.5 Å². The molecule has 0 aliphatic carbocycles. The van der Waals surface area contributed by atoms with Gasteiger partial charge in [-0.25, -0.2) is 9.18 Å². The maximum atomic E-state index is 13.7. The monoisotopic (exact) mass is 344 g/mol. The highest BCUT2D eigenvalue weighted by Gasteiger charge is 2.53. The van der Waals surface area contributed by atoms with E-state index in [9.17, 15) is 23.6 Å². The van der Waals surface area contributed by atoms with Crippen molar-refractivity contribution in [3.8, 4) is 0 Å². The summed E-state index contributed by atoms with van der Waals surface area (Å²) >= 11 is 0. The lowest BCUT2D eigenvalue weighted by molar-refractivity contribution is -0.179. The Labute approximate surface area is 135 Å². The van der Waals surface area contributed by atoms with Crippen LogP contribution >= 0.6 is 0 Å². The number of hydrogen-bond acceptors (Lipinski definition) is 7. The molecule has 2 rings (SSSR count). The number of H-pyrrole nitrogens is 1. The molecule has 1 aromatic rings. The number of nitrogens with zero attached hydrogens (tertiary/aromatic N) is 1. The van der Waals surface area contributed by atoms with Gasteiger partial charge < -0.3 is 14.2 Å². The number of alkyl halides is 1. The summed E-state index contributed by atoms with van der Waals surface area (Å²) in [5.74, 6) is -1.32. The van der Waals surface area contributed by atoms with Crippen LogP contribution in [0.4, 0.5) is 4.39 Å². The second-order valence-corrected chi connectivity index (χ2v) is 5.40. The highest BCUT2D eigenvalue weighted by Crippen LogP contribution is 2.39. The van der Waals surface area contributed by atoms with E-state index < -0.39 is 54.4 Å². The molecule has 2 heterocycles. The van der Waals surface area contributed by atoms with Crippen LogP contribution in [0, 0.1) is 0 Å². The van der Waals surface area contributed by atoms with E-state index in [4.69, 9.17) is 14.2 Å². The van der Waals surface area contributed by atoms with Crippen molar-refractivity contribution in [1.29, 1.82) is 0 Å². The van der Waals surface area contributed by atoms with Crippen molar-refractivity contribution in [3.05, 3.63) is 33.1 Å². The number of hydrogen-bond donors (Lipinski definition) is 1. The van der Waals surface area contributed by atoms with Gasteiger partial charge in [-0.3, -0.25) is 23.9 Å². The summed E-state index contributed by atoms with van der Waals surface area (Å²) in [6.45, 7) is 0.707. The highest BCUT2D eigenvalue weighted by molar-refractivity contribution is 5.66. The molecule has 0 spiro atoms. The number of carbonyl (C=O) groups is 2. The van der Waals surface area contributed by atoms with E-state index in [2.05, 4.69) is 4.98 Å². The van der Waals surface area contributed by atoms with Crippen molar-refractivity contribution in [2.45, 2.75) is 38.2 Å². The van der Waals surface area contributed by atoms with Gasteiger partial charge in [0, 0.05) is 32.5 Å². The first-order valence-electron chi connectivity index (χ1n) is 7.13. The summed E-state index contributed by atoms with van der Waals surface area (Å²) in [4.78, 5) is 47.3. The first-order chi connectivity index (χ1) is 11.3. The number of carbonyl (C=O) groups excluding carboxylic acids is 2. The zero-order valence-electron chi connectivity index (χ0n) is 13.1. The molecule has 1 aliphatic heterocycles. The van der Waals surface area contributed by atoms with Crippen LogP contribution in [0.1, 0.15) is 26.5 Å². The fourth-order valence-electron chi connectivity index (χ4n) is 2.48. The molecule has 0 amide bonds. The van der Waals surface area contributed by atoms with Crippen molar-refractivity contribution < 1.29 is 28.2 Å². The number of aromatic nitrogens is 2. The Kier molecular flexibility index (Phi) is 5.17. The third-order valence-corrected chi connectivity index (χ3v) is 3.59. The van der Waals surface area contributed by atoms with E-state index in [0.29, 0.717) is 0 Å². The molecule has 10 heteroatoms.